The van der Waals surface area contributed by atoms with Crippen LogP contribution in [0.3, 0.4) is 0 Å². The molecule has 0 radical (unpaired) electrons. The van der Waals surface area contributed by atoms with Crippen LogP contribution in [0, 0.1) is 6.92 Å². The summed E-state index contributed by atoms with van der Waals surface area (Å²) in [4.78, 5) is 0. The first-order chi connectivity index (χ1) is 8.45. The summed E-state index contributed by atoms with van der Waals surface area (Å²) < 4.78 is 42.4. The maximum absolute atomic E-state index is 10.7. The largest absolute Gasteiger partial charge is 1.00 e. The summed E-state index contributed by atoms with van der Waals surface area (Å²) in [7, 11) is -4.49. The molecule has 2 aromatic rings. The summed E-state index contributed by atoms with van der Waals surface area (Å²) in [5.41, 5.74) is 0. The van der Waals surface area contributed by atoms with Crippen LogP contribution in [0.4, 0.5) is 0 Å². The van der Waals surface area contributed by atoms with Crippen molar-refractivity contribution in [3.8, 4) is 0 Å². The maximum atomic E-state index is 10.7. The maximum Gasteiger partial charge on any atom is 1.00 e. The zero-order valence-electron chi connectivity index (χ0n) is 10.9. The summed E-state index contributed by atoms with van der Waals surface area (Å²) in [6.07, 6.45) is 2.07. The average molecular weight is 292 g/mol. The number of aryl methyl sites for hydroxylation is 3. The van der Waals surface area contributed by atoms with Gasteiger partial charge in [0.05, 0.1) is 0 Å². The Kier molecular flexibility index (Phi) is 5.88. The van der Waals surface area contributed by atoms with E-state index in [2.05, 4.69) is 0 Å². The van der Waals surface area contributed by atoms with Gasteiger partial charge >= 0.3 is 29.6 Å². The molecule has 2 aromatic heterocycles. The van der Waals surface area contributed by atoms with E-state index in [0.717, 1.165) is 24.4 Å². The van der Waals surface area contributed by atoms with Gasteiger partial charge in [-0.15, -0.1) is 0 Å². The van der Waals surface area contributed by atoms with Crippen LogP contribution in [0.15, 0.2) is 38.2 Å². The minimum Gasteiger partial charge on any atom is -0.742 e. The van der Waals surface area contributed by atoms with E-state index in [0.29, 0.717) is 12.2 Å². The first-order valence-electron chi connectivity index (χ1n) is 5.55. The molecule has 98 valence electrons. The topological polar surface area (TPSA) is 83.5 Å². The molecular weight excluding hydrogens is 279 g/mol. The first kappa shape index (κ1) is 16.5. The Bertz CT molecular complexity index is 626. The Hall–Kier alpha value is -0.530. The molecule has 2 rings (SSSR count). The molecule has 0 bridgehead atoms. The second-order valence-electron chi connectivity index (χ2n) is 4.04. The van der Waals surface area contributed by atoms with Crippen molar-refractivity contribution in [3.05, 3.63) is 41.5 Å². The van der Waals surface area contributed by atoms with Crippen molar-refractivity contribution >= 4 is 10.1 Å². The van der Waals surface area contributed by atoms with Gasteiger partial charge in [-0.3, -0.25) is 0 Å². The molecule has 2 heterocycles. The molecule has 0 unspecified atom stereocenters. The standard InChI is InChI=1S/C12H14O5S.Na/c1-9-5-6-10(16-9)3-2-4-11-7-8-12(17-11)18(13,14)15;/h5-8H,2-4H2,1H3,(H,13,14,15);/q;+1/p-1. The van der Waals surface area contributed by atoms with Gasteiger partial charge in [-0.2, -0.15) is 0 Å². The quantitative estimate of drug-likeness (QED) is 0.535. The van der Waals surface area contributed by atoms with Crippen molar-refractivity contribution in [2.45, 2.75) is 31.3 Å². The van der Waals surface area contributed by atoms with Crippen LogP contribution in [-0.2, 0) is 23.0 Å². The fourth-order valence-corrected chi connectivity index (χ4v) is 2.13. The molecule has 0 N–H and O–H groups in total. The van der Waals surface area contributed by atoms with Gasteiger partial charge in [-0.05, 0) is 37.6 Å². The van der Waals surface area contributed by atoms with Gasteiger partial charge in [-0.1, -0.05) is 0 Å². The van der Waals surface area contributed by atoms with Crippen LogP contribution in [0.1, 0.15) is 23.7 Å². The Labute approximate surface area is 134 Å². The van der Waals surface area contributed by atoms with Gasteiger partial charge in [0.1, 0.15) is 17.3 Å². The second-order valence-corrected chi connectivity index (χ2v) is 5.35. The summed E-state index contributed by atoms with van der Waals surface area (Å²) >= 11 is 0. The van der Waals surface area contributed by atoms with E-state index >= 15 is 0 Å². The van der Waals surface area contributed by atoms with Gasteiger partial charge < -0.3 is 13.4 Å². The van der Waals surface area contributed by atoms with Crippen molar-refractivity contribution in [1.82, 2.24) is 0 Å². The third kappa shape index (κ3) is 4.81. The number of rotatable bonds is 5. The van der Waals surface area contributed by atoms with Crippen LogP contribution in [0.5, 0.6) is 0 Å². The van der Waals surface area contributed by atoms with Crippen LogP contribution in [0.25, 0.3) is 0 Å². The predicted octanol–water partition coefficient (Wildman–Crippen LogP) is -0.736. The van der Waals surface area contributed by atoms with Crippen molar-refractivity contribution in [2.24, 2.45) is 0 Å². The van der Waals surface area contributed by atoms with Gasteiger partial charge in [-0.25, -0.2) is 8.42 Å². The van der Waals surface area contributed by atoms with Crippen molar-refractivity contribution in [2.75, 3.05) is 0 Å². The Morgan fingerprint density at radius 1 is 1.05 bits per heavy atom. The summed E-state index contributed by atoms with van der Waals surface area (Å²) in [6.45, 7) is 1.88. The number of hydrogen-bond donors (Lipinski definition) is 0. The molecule has 0 aromatic carbocycles. The average Bonchev–Trinajstić information content (AvgIpc) is 2.87. The van der Waals surface area contributed by atoms with Gasteiger partial charge in [0.15, 0.2) is 10.1 Å². The van der Waals surface area contributed by atoms with E-state index in [9.17, 15) is 13.0 Å². The third-order valence-electron chi connectivity index (χ3n) is 2.53. The van der Waals surface area contributed by atoms with Gasteiger partial charge in [0.2, 0.25) is 5.09 Å². The molecule has 19 heavy (non-hydrogen) atoms. The van der Waals surface area contributed by atoms with E-state index in [1.807, 2.05) is 19.1 Å². The zero-order valence-corrected chi connectivity index (χ0v) is 13.7. The SMILES string of the molecule is Cc1ccc(CCCc2ccc(S(=O)(=O)[O-])o2)o1.[Na+]. The monoisotopic (exact) mass is 292 g/mol. The fourth-order valence-electron chi connectivity index (χ4n) is 1.68. The smallest absolute Gasteiger partial charge is 0.742 e. The minimum atomic E-state index is -4.49. The van der Waals surface area contributed by atoms with Crippen molar-refractivity contribution in [1.29, 1.82) is 0 Å². The fraction of sp³-hybridized carbons (Fsp3) is 0.333. The molecular formula is C12H13NaO5S. The molecule has 0 aliphatic heterocycles. The van der Waals surface area contributed by atoms with Crippen LogP contribution in [0.2, 0.25) is 0 Å². The molecule has 5 nitrogen and oxygen atoms in total. The van der Waals surface area contributed by atoms with Crippen LogP contribution < -0.4 is 29.6 Å². The van der Waals surface area contributed by atoms with E-state index in [1.54, 1.807) is 0 Å². The molecule has 0 saturated carbocycles. The van der Waals surface area contributed by atoms with Crippen molar-refractivity contribution in [3.63, 3.8) is 0 Å². The molecule has 0 amide bonds. The van der Waals surface area contributed by atoms with Crippen molar-refractivity contribution < 1.29 is 51.4 Å². The summed E-state index contributed by atoms with van der Waals surface area (Å²) in [5, 5.41) is -0.522. The Morgan fingerprint density at radius 3 is 2.11 bits per heavy atom. The zero-order chi connectivity index (χ0) is 13.2. The molecule has 0 aliphatic rings. The van der Waals surface area contributed by atoms with E-state index in [4.69, 9.17) is 8.83 Å². The second kappa shape index (κ2) is 6.76. The molecule has 0 aliphatic carbocycles. The third-order valence-corrected chi connectivity index (χ3v) is 3.24. The van der Waals surface area contributed by atoms with Gasteiger partial charge in [0, 0.05) is 12.8 Å². The van der Waals surface area contributed by atoms with E-state index in [1.165, 1.54) is 12.1 Å². The summed E-state index contributed by atoms with van der Waals surface area (Å²) in [5.74, 6) is 2.24. The summed E-state index contributed by atoms with van der Waals surface area (Å²) in [6, 6.07) is 6.50. The van der Waals surface area contributed by atoms with E-state index < -0.39 is 15.2 Å². The predicted molar refractivity (Wildman–Crippen MR) is 62.1 cm³/mol. The molecule has 0 fully saturated rings. The Balaban J connectivity index is 0.00000180. The van der Waals surface area contributed by atoms with Crippen LogP contribution >= 0.6 is 0 Å². The normalized spacial score (nSPS) is 11.3. The van der Waals surface area contributed by atoms with Gasteiger partial charge in [0.25, 0.3) is 0 Å². The molecule has 7 heteroatoms. The molecule has 0 saturated heterocycles. The molecule has 0 atom stereocenters. The number of hydrogen-bond acceptors (Lipinski definition) is 5. The Morgan fingerprint density at radius 2 is 1.63 bits per heavy atom. The minimum absolute atomic E-state index is 0. The van der Waals surface area contributed by atoms with E-state index in [-0.39, 0.29) is 29.6 Å². The first-order valence-corrected chi connectivity index (χ1v) is 6.96. The number of furan rings is 2. The van der Waals surface area contributed by atoms with Crippen LogP contribution in [-0.4, -0.2) is 13.0 Å². The molecule has 0 spiro atoms.